The number of rotatable bonds is 4. The molecule has 0 aromatic carbocycles. The van der Waals surface area contributed by atoms with Crippen LogP contribution in [0.2, 0.25) is 0 Å². The molecule has 0 radical (unpaired) electrons. The second-order valence-electron chi connectivity index (χ2n) is 3.63. The van der Waals surface area contributed by atoms with Gasteiger partial charge in [0.15, 0.2) is 5.69 Å². The Hall–Kier alpha value is -2.09. The van der Waals surface area contributed by atoms with E-state index in [-0.39, 0.29) is 12.3 Å². The highest BCUT2D eigenvalue weighted by molar-refractivity contribution is 5.88. The fourth-order valence-electron chi connectivity index (χ4n) is 1.44. The normalized spacial score (nSPS) is 10.8. The average molecular weight is 251 g/mol. The Bertz CT molecular complexity index is 580. The summed E-state index contributed by atoms with van der Waals surface area (Å²) in [6.07, 6.45) is 0. The van der Waals surface area contributed by atoms with Gasteiger partial charge in [-0.3, -0.25) is 0 Å². The molecule has 2 aromatic rings. The summed E-state index contributed by atoms with van der Waals surface area (Å²) >= 11 is 0. The molecule has 96 valence electrons. The maximum Gasteiger partial charge on any atom is 0.360 e. The number of fused-ring (bicyclic) bond motifs is 1. The Kier molecular flexibility index (Phi) is 3.47. The van der Waals surface area contributed by atoms with E-state index in [1.54, 1.807) is 13.8 Å². The highest BCUT2D eigenvalue weighted by Crippen LogP contribution is 2.07. The lowest BCUT2D eigenvalue weighted by atomic mass is 10.3. The van der Waals surface area contributed by atoms with Crippen LogP contribution in [-0.4, -0.2) is 51.1 Å². The third-order valence-electron chi connectivity index (χ3n) is 2.31. The standard InChI is InChI=1S/C10H13N5O3/c1-6-8(9(16)18-5-4-17-3)12-13-10-11-7(2)14-15(6)10/h4-5H2,1-3H3. The molecule has 2 heterocycles. The van der Waals surface area contributed by atoms with Crippen molar-refractivity contribution in [2.75, 3.05) is 20.3 Å². The topological polar surface area (TPSA) is 91.5 Å². The molecule has 0 fully saturated rings. The molecule has 0 spiro atoms. The van der Waals surface area contributed by atoms with Crippen LogP contribution >= 0.6 is 0 Å². The highest BCUT2D eigenvalue weighted by Gasteiger charge is 2.17. The molecule has 0 atom stereocenters. The number of methoxy groups -OCH3 is 1. The molecule has 0 aliphatic heterocycles. The van der Waals surface area contributed by atoms with Gasteiger partial charge in [0, 0.05) is 7.11 Å². The summed E-state index contributed by atoms with van der Waals surface area (Å²) in [6.45, 7) is 3.96. The van der Waals surface area contributed by atoms with Gasteiger partial charge in [0.2, 0.25) is 0 Å². The molecule has 0 bridgehead atoms. The van der Waals surface area contributed by atoms with E-state index in [0.29, 0.717) is 23.9 Å². The monoisotopic (exact) mass is 251 g/mol. The van der Waals surface area contributed by atoms with Crippen LogP contribution in [0.4, 0.5) is 0 Å². The summed E-state index contributed by atoms with van der Waals surface area (Å²) in [5, 5.41) is 11.8. The summed E-state index contributed by atoms with van der Waals surface area (Å²) in [5.74, 6) is 0.378. The summed E-state index contributed by atoms with van der Waals surface area (Å²) in [4.78, 5) is 15.8. The summed E-state index contributed by atoms with van der Waals surface area (Å²) < 4.78 is 11.2. The molecule has 0 amide bonds. The minimum atomic E-state index is -0.549. The van der Waals surface area contributed by atoms with Gasteiger partial charge in [-0.2, -0.15) is 9.50 Å². The summed E-state index contributed by atoms with van der Waals surface area (Å²) in [7, 11) is 1.53. The largest absolute Gasteiger partial charge is 0.458 e. The van der Waals surface area contributed by atoms with Crippen LogP contribution in [0, 0.1) is 13.8 Å². The molecule has 8 heteroatoms. The molecule has 0 saturated heterocycles. The van der Waals surface area contributed by atoms with Gasteiger partial charge in [-0.1, -0.05) is 0 Å². The van der Waals surface area contributed by atoms with Crippen LogP contribution < -0.4 is 0 Å². The van der Waals surface area contributed by atoms with Crippen molar-refractivity contribution in [3.05, 3.63) is 17.2 Å². The lowest BCUT2D eigenvalue weighted by molar-refractivity contribution is 0.0378. The van der Waals surface area contributed by atoms with Gasteiger partial charge >= 0.3 is 5.97 Å². The van der Waals surface area contributed by atoms with Gasteiger partial charge in [0.25, 0.3) is 5.78 Å². The number of hydrogen-bond acceptors (Lipinski definition) is 7. The number of aromatic nitrogens is 5. The minimum Gasteiger partial charge on any atom is -0.458 e. The van der Waals surface area contributed by atoms with Crippen LogP contribution in [0.15, 0.2) is 0 Å². The predicted molar refractivity (Wildman–Crippen MR) is 60.2 cm³/mol. The third kappa shape index (κ3) is 2.28. The van der Waals surface area contributed by atoms with Crippen molar-refractivity contribution >= 4 is 11.7 Å². The zero-order valence-corrected chi connectivity index (χ0v) is 10.4. The fraction of sp³-hybridized carbons (Fsp3) is 0.500. The van der Waals surface area contributed by atoms with Crippen LogP contribution in [0.3, 0.4) is 0 Å². The van der Waals surface area contributed by atoms with Gasteiger partial charge in [0.1, 0.15) is 12.4 Å². The van der Waals surface area contributed by atoms with E-state index in [1.165, 1.54) is 11.6 Å². The van der Waals surface area contributed by atoms with Crippen molar-refractivity contribution in [1.29, 1.82) is 0 Å². The van der Waals surface area contributed by atoms with Gasteiger partial charge in [-0.15, -0.1) is 15.3 Å². The Morgan fingerprint density at radius 3 is 2.78 bits per heavy atom. The second kappa shape index (κ2) is 5.05. The molecule has 8 nitrogen and oxygen atoms in total. The van der Waals surface area contributed by atoms with Gasteiger partial charge in [-0.05, 0) is 13.8 Å². The Morgan fingerprint density at radius 2 is 2.06 bits per heavy atom. The zero-order chi connectivity index (χ0) is 13.1. The first-order chi connectivity index (χ1) is 8.63. The molecule has 2 rings (SSSR count). The maximum atomic E-state index is 11.7. The molecule has 2 aromatic heterocycles. The van der Waals surface area contributed by atoms with Crippen LogP contribution in [-0.2, 0) is 9.47 Å². The van der Waals surface area contributed by atoms with E-state index in [4.69, 9.17) is 9.47 Å². The first-order valence-corrected chi connectivity index (χ1v) is 5.36. The van der Waals surface area contributed by atoms with Gasteiger partial charge in [0.05, 0.1) is 12.3 Å². The molecule has 0 unspecified atom stereocenters. The molecular weight excluding hydrogens is 238 g/mol. The van der Waals surface area contributed by atoms with Crippen molar-refractivity contribution in [2.24, 2.45) is 0 Å². The van der Waals surface area contributed by atoms with Crippen molar-refractivity contribution in [3.8, 4) is 0 Å². The Balaban J connectivity index is 2.28. The van der Waals surface area contributed by atoms with Crippen molar-refractivity contribution in [3.63, 3.8) is 0 Å². The van der Waals surface area contributed by atoms with Crippen molar-refractivity contribution in [2.45, 2.75) is 13.8 Å². The van der Waals surface area contributed by atoms with E-state index < -0.39 is 5.97 Å². The third-order valence-corrected chi connectivity index (χ3v) is 2.31. The second-order valence-corrected chi connectivity index (χ2v) is 3.63. The van der Waals surface area contributed by atoms with Crippen LogP contribution in [0.5, 0.6) is 0 Å². The predicted octanol–water partition coefficient (Wildman–Crippen LogP) is -0.0607. The number of aryl methyl sites for hydroxylation is 2. The smallest absolute Gasteiger partial charge is 0.360 e. The number of esters is 1. The fourth-order valence-corrected chi connectivity index (χ4v) is 1.44. The molecule has 18 heavy (non-hydrogen) atoms. The van der Waals surface area contributed by atoms with E-state index >= 15 is 0 Å². The number of carbonyl (C=O) groups is 1. The molecule has 0 aliphatic carbocycles. The Morgan fingerprint density at radius 1 is 1.28 bits per heavy atom. The highest BCUT2D eigenvalue weighted by atomic mass is 16.6. The molecule has 0 N–H and O–H groups in total. The minimum absolute atomic E-state index is 0.128. The van der Waals surface area contributed by atoms with E-state index in [2.05, 4.69) is 20.3 Å². The van der Waals surface area contributed by atoms with Crippen molar-refractivity contribution < 1.29 is 14.3 Å². The SMILES string of the molecule is COCCOC(=O)c1nnc2nc(C)nn2c1C. The van der Waals surface area contributed by atoms with Gasteiger partial charge in [-0.25, -0.2) is 4.79 Å². The van der Waals surface area contributed by atoms with E-state index in [0.717, 1.165) is 0 Å². The van der Waals surface area contributed by atoms with E-state index in [9.17, 15) is 4.79 Å². The average Bonchev–Trinajstić information content (AvgIpc) is 2.71. The summed E-state index contributed by atoms with van der Waals surface area (Å²) in [6, 6.07) is 0. The van der Waals surface area contributed by atoms with E-state index in [1.807, 2.05) is 0 Å². The quantitative estimate of drug-likeness (QED) is 0.555. The molecular formula is C10H13N5O3. The lowest BCUT2D eigenvalue weighted by Gasteiger charge is -2.05. The number of hydrogen-bond donors (Lipinski definition) is 0. The zero-order valence-electron chi connectivity index (χ0n) is 10.4. The summed E-state index contributed by atoms with van der Waals surface area (Å²) in [5.41, 5.74) is 0.673. The lowest BCUT2D eigenvalue weighted by Crippen LogP contribution is -2.16. The first kappa shape index (κ1) is 12.4. The Labute approximate surface area is 103 Å². The van der Waals surface area contributed by atoms with Gasteiger partial charge < -0.3 is 9.47 Å². The van der Waals surface area contributed by atoms with Crippen LogP contribution in [0.1, 0.15) is 22.0 Å². The number of nitrogens with zero attached hydrogens (tertiary/aromatic N) is 5. The number of carbonyl (C=O) groups excluding carboxylic acids is 1. The maximum absolute atomic E-state index is 11.7. The van der Waals surface area contributed by atoms with Crippen LogP contribution in [0.25, 0.3) is 5.78 Å². The number of ether oxygens (including phenoxy) is 2. The molecule has 0 aliphatic rings. The van der Waals surface area contributed by atoms with Crippen molar-refractivity contribution in [1.82, 2.24) is 24.8 Å². The molecule has 0 saturated carbocycles. The first-order valence-electron chi connectivity index (χ1n) is 5.36.